The Hall–Kier alpha value is -2.89. The third-order valence-corrected chi connectivity index (χ3v) is 4.62. The molecule has 130 valence electrons. The van der Waals surface area contributed by atoms with Crippen LogP contribution < -0.4 is 4.90 Å². The molecule has 0 fully saturated rings. The number of likely N-dealkylation sites (N-methyl/N-ethyl adjacent to an activating group) is 1. The molecule has 2 amide bonds. The molecule has 2 aromatic rings. The fraction of sp³-hybridized carbons (Fsp3) is 0.316. The first-order valence-corrected chi connectivity index (χ1v) is 8.27. The topological polar surface area (TPSA) is 58.4 Å². The summed E-state index contributed by atoms with van der Waals surface area (Å²) in [4.78, 5) is 32.4. The van der Waals surface area contributed by atoms with Crippen molar-refractivity contribution in [2.45, 2.75) is 26.4 Å². The Balaban J connectivity index is 1.79. The summed E-state index contributed by atoms with van der Waals surface area (Å²) in [5.41, 5.74) is 2.29. The fourth-order valence-corrected chi connectivity index (χ4v) is 3.16. The van der Waals surface area contributed by atoms with Crippen LogP contribution in [0.25, 0.3) is 0 Å². The Bertz CT molecular complexity index is 822. The SMILES string of the molecule is C=CC(=O)N(C)c1ccc(C(=O)N2CCn3cc(C)nc3C2C)cc1. The van der Waals surface area contributed by atoms with Gasteiger partial charge in [-0.25, -0.2) is 4.98 Å². The van der Waals surface area contributed by atoms with Crippen LogP contribution in [0.2, 0.25) is 0 Å². The Morgan fingerprint density at radius 3 is 2.60 bits per heavy atom. The summed E-state index contributed by atoms with van der Waals surface area (Å²) in [6.45, 7) is 8.85. The minimum absolute atomic E-state index is 0.0244. The van der Waals surface area contributed by atoms with Crippen molar-refractivity contribution in [3.63, 3.8) is 0 Å². The van der Waals surface area contributed by atoms with Gasteiger partial charge in [-0.3, -0.25) is 9.59 Å². The van der Waals surface area contributed by atoms with Crippen molar-refractivity contribution in [3.05, 3.63) is 60.2 Å². The monoisotopic (exact) mass is 338 g/mol. The molecule has 0 N–H and O–H groups in total. The molecule has 2 heterocycles. The molecule has 0 saturated heterocycles. The molecule has 0 bridgehead atoms. The number of benzene rings is 1. The molecule has 0 saturated carbocycles. The molecular formula is C19H22N4O2. The highest BCUT2D eigenvalue weighted by atomic mass is 16.2. The van der Waals surface area contributed by atoms with Gasteiger partial charge in [0.15, 0.2) is 0 Å². The number of fused-ring (bicyclic) bond motifs is 1. The summed E-state index contributed by atoms with van der Waals surface area (Å²) in [6, 6.07) is 6.98. The number of hydrogen-bond acceptors (Lipinski definition) is 3. The van der Waals surface area contributed by atoms with Crippen molar-refractivity contribution < 1.29 is 9.59 Å². The Kier molecular flexibility index (Phi) is 4.44. The van der Waals surface area contributed by atoms with Gasteiger partial charge >= 0.3 is 0 Å². The zero-order valence-corrected chi connectivity index (χ0v) is 14.8. The number of carbonyl (C=O) groups is 2. The molecule has 0 aliphatic carbocycles. The molecule has 6 heteroatoms. The van der Waals surface area contributed by atoms with Gasteiger partial charge in [0, 0.05) is 37.6 Å². The third kappa shape index (κ3) is 3.07. The molecule has 1 atom stereocenters. The van der Waals surface area contributed by atoms with Crippen LogP contribution >= 0.6 is 0 Å². The van der Waals surface area contributed by atoms with E-state index in [0.29, 0.717) is 12.1 Å². The molecule has 6 nitrogen and oxygen atoms in total. The molecule has 1 aliphatic heterocycles. The highest BCUT2D eigenvalue weighted by Gasteiger charge is 2.29. The summed E-state index contributed by atoms with van der Waals surface area (Å²) >= 11 is 0. The van der Waals surface area contributed by atoms with Crippen LogP contribution in [0.5, 0.6) is 0 Å². The van der Waals surface area contributed by atoms with Gasteiger partial charge in [-0.2, -0.15) is 0 Å². The van der Waals surface area contributed by atoms with E-state index in [-0.39, 0.29) is 17.9 Å². The predicted octanol–water partition coefficient (Wildman–Crippen LogP) is 2.56. The number of imidazole rings is 1. The van der Waals surface area contributed by atoms with Crippen LogP contribution in [0.15, 0.2) is 43.1 Å². The van der Waals surface area contributed by atoms with Crippen LogP contribution in [0, 0.1) is 6.92 Å². The lowest BCUT2D eigenvalue weighted by Crippen LogP contribution is -2.41. The van der Waals surface area contributed by atoms with E-state index in [1.807, 2.05) is 24.9 Å². The largest absolute Gasteiger partial charge is 0.331 e. The van der Waals surface area contributed by atoms with Gasteiger partial charge in [0.05, 0.1) is 11.7 Å². The van der Waals surface area contributed by atoms with Crippen molar-refractivity contribution in [1.82, 2.24) is 14.5 Å². The number of nitrogens with zero attached hydrogens (tertiary/aromatic N) is 4. The van der Waals surface area contributed by atoms with Gasteiger partial charge in [-0.15, -0.1) is 0 Å². The first kappa shape index (κ1) is 17.0. The minimum atomic E-state index is -0.189. The first-order chi connectivity index (χ1) is 11.9. The van der Waals surface area contributed by atoms with Gasteiger partial charge in [-0.05, 0) is 44.2 Å². The average molecular weight is 338 g/mol. The molecular weight excluding hydrogens is 316 g/mol. The van der Waals surface area contributed by atoms with Crippen molar-refractivity contribution in [2.24, 2.45) is 0 Å². The summed E-state index contributed by atoms with van der Waals surface area (Å²) < 4.78 is 2.11. The molecule has 0 spiro atoms. The summed E-state index contributed by atoms with van der Waals surface area (Å²) in [7, 11) is 1.68. The van der Waals surface area contributed by atoms with E-state index >= 15 is 0 Å². The number of anilines is 1. The maximum atomic E-state index is 12.9. The second kappa shape index (κ2) is 6.55. The van der Waals surface area contributed by atoms with Crippen molar-refractivity contribution in [2.75, 3.05) is 18.5 Å². The van der Waals surface area contributed by atoms with E-state index in [0.717, 1.165) is 23.8 Å². The molecule has 1 aromatic heterocycles. The van der Waals surface area contributed by atoms with Gasteiger partial charge in [0.1, 0.15) is 5.82 Å². The molecule has 0 radical (unpaired) electrons. The first-order valence-electron chi connectivity index (χ1n) is 8.27. The van der Waals surface area contributed by atoms with Crippen LogP contribution in [0.1, 0.15) is 34.8 Å². The van der Waals surface area contributed by atoms with Gasteiger partial charge in [-0.1, -0.05) is 6.58 Å². The lowest BCUT2D eigenvalue weighted by molar-refractivity contribution is -0.113. The maximum Gasteiger partial charge on any atom is 0.254 e. The van der Waals surface area contributed by atoms with Gasteiger partial charge in [0.2, 0.25) is 5.91 Å². The fourth-order valence-electron chi connectivity index (χ4n) is 3.16. The zero-order chi connectivity index (χ0) is 18.1. The summed E-state index contributed by atoms with van der Waals surface area (Å²) in [6.07, 6.45) is 3.29. The van der Waals surface area contributed by atoms with E-state index in [2.05, 4.69) is 16.1 Å². The van der Waals surface area contributed by atoms with E-state index in [1.165, 1.54) is 11.0 Å². The number of rotatable bonds is 3. The normalized spacial score (nSPS) is 16.3. The lowest BCUT2D eigenvalue weighted by atomic mass is 10.1. The number of hydrogen-bond donors (Lipinski definition) is 0. The van der Waals surface area contributed by atoms with Crippen LogP contribution in [0.4, 0.5) is 5.69 Å². The smallest absolute Gasteiger partial charge is 0.254 e. The van der Waals surface area contributed by atoms with E-state index < -0.39 is 0 Å². The van der Waals surface area contributed by atoms with E-state index in [1.54, 1.807) is 31.3 Å². The minimum Gasteiger partial charge on any atom is -0.331 e. The van der Waals surface area contributed by atoms with Crippen molar-refractivity contribution >= 4 is 17.5 Å². The quantitative estimate of drug-likeness (QED) is 0.808. The Morgan fingerprint density at radius 1 is 1.28 bits per heavy atom. The predicted molar refractivity (Wildman–Crippen MR) is 96.5 cm³/mol. The number of aryl methyl sites for hydroxylation is 1. The van der Waals surface area contributed by atoms with E-state index in [9.17, 15) is 9.59 Å². The number of aromatic nitrogens is 2. The maximum absolute atomic E-state index is 12.9. The van der Waals surface area contributed by atoms with Crippen LogP contribution in [-0.4, -0.2) is 39.9 Å². The van der Waals surface area contributed by atoms with Crippen molar-refractivity contribution in [3.8, 4) is 0 Å². The third-order valence-electron chi connectivity index (χ3n) is 4.62. The van der Waals surface area contributed by atoms with Crippen LogP contribution in [0.3, 0.4) is 0 Å². The van der Waals surface area contributed by atoms with Crippen molar-refractivity contribution in [1.29, 1.82) is 0 Å². The molecule has 1 aromatic carbocycles. The van der Waals surface area contributed by atoms with Gasteiger partial charge < -0.3 is 14.4 Å². The van der Waals surface area contributed by atoms with Gasteiger partial charge in [0.25, 0.3) is 5.91 Å². The van der Waals surface area contributed by atoms with Crippen LogP contribution in [-0.2, 0) is 11.3 Å². The number of amides is 2. The zero-order valence-electron chi connectivity index (χ0n) is 14.8. The highest BCUT2D eigenvalue weighted by molar-refractivity contribution is 6.01. The molecule has 1 aliphatic rings. The van der Waals surface area contributed by atoms with E-state index in [4.69, 9.17) is 0 Å². The summed E-state index contributed by atoms with van der Waals surface area (Å²) in [5.74, 6) is 0.708. The second-order valence-electron chi connectivity index (χ2n) is 6.26. The summed E-state index contributed by atoms with van der Waals surface area (Å²) in [5, 5.41) is 0. The second-order valence-corrected chi connectivity index (χ2v) is 6.26. The Morgan fingerprint density at radius 2 is 1.96 bits per heavy atom. The average Bonchev–Trinajstić information content (AvgIpc) is 3.01. The molecule has 3 rings (SSSR count). The standard InChI is InChI=1S/C19H22N4O2/c1-5-17(24)21(4)16-8-6-15(7-9-16)19(25)23-11-10-22-12-13(2)20-18(22)14(23)3/h5-9,12,14H,1,10-11H2,2-4H3. The molecule has 25 heavy (non-hydrogen) atoms. The highest BCUT2D eigenvalue weighted by Crippen LogP contribution is 2.26. The lowest BCUT2D eigenvalue weighted by Gasteiger charge is -2.34. The number of carbonyl (C=O) groups excluding carboxylic acids is 2. The Labute approximate surface area is 147 Å². The molecule has 1 unspecified atom stereocenters.